The van der Waals surface area contributed by atoms with Gasteiger partial charge in [0.05, 0.1) is 12.1 Å². The molecule has 2 N–H and O–H groups in total. The number of benzene rings is 1. The van der Waals surface area contributed by atoms with Crippen molar-refractivity contribution < 1.29 is 18.0 Å². The number of rotatable bonds is 3. The maximum Gasteiger partial charge on any atom is 0.416 e. The summed E-state index contributed by atoms with van der Waals surface area (Å²) < 4.78 is 37.2. The number of nitrogens with one attached hydrogen (secondary N) is 2. The highest BCUT2D eigenvalue weighted by Crippen LogP contribution is 2.29. The predicted octanol–water partition coefficient (Wildman–Crippen LogP) is 3.09. The number of urea groups is 1. The molecular weight excluding hydrogens is 285 g/mol. The highest BCUT2D eigenvalue weighted by molar-refractivity contribution is 5.89. The maximum absolute atomic E-state index is 12.4. The summed E-state index contributed by atoms with van der Waals surface area (Å²) >= 11 is 0. The quantitative estimate of drug-likeness (QED) is 0.914. The van der Waals surface area contributed by atoms with Gasteiger partial charge in [0.25, 0.3) is 0 Å². The molecule has 1 aromatic carbocycles. The van der Waals surface area contributed by atoms with Crippen LogP contribution in [0.3, 0.4) is 0 Å². The summed E-state index contributed by atoms with van der Waals surface area (Å²) in [4.78, 5) is 20.1. The van der Waals surface area contributed by atoms with Crippen LogP contribution in [0.5, 0.6) is 0 Å². The van der Waals surface area contributed by atoms with Crippen molar-refractivity contribution in [2.75, 3.05) is 12.4 Å². The van der Waals surface area contributed by atoms with Crippen molar-refractivity contribution in [3.05, 3.63) is 48.0 Å². The number of hydrogen-bond acceptors (Lipinski definition) is 2. The Hall–Kier alpha value is -2.51. The molecule has 0 aliphatic rings. The summed E-state index contributed by atoms with van der Waals surface area (Å²) in [7, 11) is 1.56. The van der Waals surface area contributed by atoms with Gasteiger partial charge >= 0.3 is 12.2 Å². The second kappa shape index (κ2) is 5.86. The van der Waals surface area contributed by atoms with Crippen LogP contribution in [-0.2, 0) is 12.7 Å². The molecular formula is C13H13F3N4O. The topological polar surface area (TPSA) is 61.0 Å². The van der Waals surface area contributed by atoms with Crippen LogP contribution in [0.1, 0.15) is 11.4 Å². The van der Waals surface area contributed by atoms with Gasteiger partial charge in [0.1, 0.15) is 5.82 Å². The molecule has 0 spiro atoms. The van der Waals surface area contributed by atoms with Gasteiger partial charge in [-0.05, 0) is 24.3 Å². The first-order valence-corrected chi connectivity index (χ1v) is 6.04. The van der Waals surface area contributed by atoms with Crippen molar-refractivity contribution >= 4 is 11.7 Å². The van der Waals surface area contributed by atoms with Gasteiger partial charge in [-0.15, -0.1) is 0 Å². The largest absolute Gasteiger partial charge is 0.416 e. The van der Waals surface area contributed by atoms with Gasteiger partial charge < -0.3 is 15.2 Å². The van der Waals surface area contributed by atoms with Gasteiger partial charge in [-0.25, -0.2) is 9.78 Å². The summed E-state index contributed by atoms with van der Waals surface area (Å²) in [5.41, 5.74) is -0.469. The number of amides is 2. The lowest BCUT2D eigenvalue weighted by atomic mass is 10.2. The molecule has 0 saturated carbocycles. The van der Waals surface area contributed by atoms with Gasteiger partial charge in [-0.1, -0.05) is 0 Å². The molecule has 21 heavy (non-hydrogen) atoms. The molecule has 0 aliphatic carbocycles. The Morgan fingerprint density at radius 2 is 2.00 bits per heavy atom. The van der Waals surface area contributed by atoms with E-state index in [1.54, 1.807) is 19.4 Å². The van der Waals surface area contributed by atoms with Crippen LogP contribution < -0.4 is 5.32 Å². The number of nitrogens with zero attached hydrogens (tertiary/aromatic N) is 2. The van der Waals surface area contributed by atoms with E-state index in [0.717, 1.165) is 12.1 Å². The molecule has 112 valence electrons. The van der Waals surface area contributed by atoms with Crippen molar-refractivity contribution in [3.8, 4) is 0 Å². The van der Waals surface area contributed by atoms with Crippen LogP contribution in [0.2, 0.25) is 0 Å². The van der Waals surface area contributed by atoms with Gasteiger partial charge in [0, 0.05) is 25.1 Å². The van der Waals surface area contributed by atoms with E-state index in [4.69, 9.17) is 0 Å². The molecule has 0 radical (unpaired) electrons. The van der Waals surface area contributed by atoms with Crippen molar-refractivity contribution in [3.63, 3.8) is 0 Å². The van der Waals surface area contributed by atoms with Crippen LogP contribution in [0.15, 0.2) is 36.7 Å². The molecule has 1 heterocycles. The minimum absolute atomic E-state index is 0.263. The second-order valence-electron chi connectivity index (χ2n) is 4.40. The second-order valence-corrected chi connectivity index (χ2v) is 4.40. The van der Waals surface area contributed by atoms with Crippen molar-refractivity contribution in [2.45, 2.75) is 12.7 Å². The number of halogens is 3. The highest BCUT2D eigenvalue weighted by atomic mass is 19.4. The average Bonchev–Trinajstić information content (AvgIpc) is 2.91. The first-order chi connectivity index (χ1) is 9.86. The van der Waals surface area contributed by atoms with E-state index >= 15 is 0 Å². The lowest BCUT2D eigenvalue weighted by molar-refractivity contribution is -0.137. The third-order valence-electron chi connectivity index (χ3n) is 2.75. The van der Waals surface area contributed by atoms with Gasteiger partial charge in [0.15, 0.2) is 0 Å². The number of aromatic amines is 1. The smallest absolute Gasteiger partial charge is 0.347 e. The minimum Gasteiger partial charge on any atom is -0.347 e. The number of imidazole rings is 1. The minimum atomic E-state index is -4.39. The molecule has 0 bridgehead atoms. The van der Waals surface area contributed by atoms with Crippen LogP contribution in [0.25, 0.3) is 0 Å². The number of aromatic nitrogens is 2. The number of anilines is 1. The molecule has 0 atom stereocenters. The number of carbonyl (C=O) groups excluding carboxylic acids is 1. The van der Waals surface area contributed by atoms with E-state index in [1.165, 1.54) is 17.0 Å². The normalized spacial score (nSPS) is 11.2. The average molecular weight is 298 g/mol. The third kappa shape index (κ3) is 3.98. The van der Waals surface area contributed by atoms with Crippen LogP contribution in [0.4, 0.5) is 23.7 Å². The fourth-order valence-electron chi connectivity index (χ4n) is 1.64. The van der Waals surface area contributed by atoms with Crippen molar-refractivity contribution in [2.24, 2.45) is 0 Å². The molecule has 0 saturated heterocycles. The van der Waals surface area contributed by atoms with Gasteiger partial charge in [-0.2, -0.15) is 13.2 Å². The van der Waals surface area contributed by atoms with Gasteiger partial charge in [0.2, 0.25) is 0 Å². The summed E-state index contributed by atoms with van der Waals surface area (Å²) in [5.74, 6) is 0.611. The van der Waals surface area contributed by atoms with E-state index in [2.05, 4.69) is 15.3 Å². The number of hydrogen-bond donors (Lipinski definition) is 2. The monoisotopic (exact) mass is 298 g/mol. The predicted molar refractivity (Wildman–Crippen MR) is 70.5 cm³/mol. The Balaban J connectivity index is 1.96. The van der Waals surface area contributed by atoms with Crippen molar-refractivity contribution in [1.29, 1.82) is 0 Å². The van der Waals surface area contributed by atoms with E-state index in [9.17, 15) is 18.0 Å². The molecule has 1 aromatic heterocycles. The third-order valence-corrected chi connectivity index (χ3v) is 2.75. The lowest BCUT2D eigenvalue weighted by Crippen LogP contribution is -2.31. The Bertz CT molecular complexity index is 593. The number of alkyl halides is 3. The van der Waals surface area contributed by atoms with Crippen LogP contribution >= 0.6 is 0 Å². The molecule has 2 aromatic rings. The van der Waals surface area contributed by atoms with Crippen LogP contribution in [0, 0.1) is 0 Å². The molecule has 0 aliphatic heterocycles. The van der Waals surface area contributed by atoms with Gasteiger partial charge in [-0.3, -0.25) is 0 Å². The zero-order chi connectivity index (χ0) is 15.5. The standard InChI is InChI=1S/C13H13F3N4O/c1-20(8-11-17-6-7-18-11)12(21)19-10-4-2-9(3-5-10)13(14,15)16/h2-7H,8H2,1H3,(H,17,18)(H,19,21). The highest BCUT2D eigenvalue weighted by Gasteiger charge is 2.30. The summed E-state index contributed by atoms with van der Waals surface area (Å²) in [6.07, 6.45) is -1.19. The number of H-pyrrole nitrogens is 1. The first kappa shape index (κ1) is 14.9. The zero-order valence-electron chi connectivity index (χ0n) is 11.1. The molecule has 0 unspecified atom stereocenters. The van der Waals surface area contributed by atoms with E-state index in [1.807, 2.05) is 0 Å². The molecule has 0 fully saturated rings. The Morgan fingerprint density at radius 3 is 2.52 bits per heavy atom. The van der Waals surface area contributed by atoms with E-state index < -0.39 is 17.8 Å². The van der Waals surface area contributed by atoms with E-state index in [-0.39, 0.29) is 6.54 Å². The van der Waals surface area contributed by atoms with Crippen LogP contribution in [-0.4, -0.2) is 27.9 Å². The first-order valence-electron chi connectivity index (χ1n) is 6.04. The summed E-state index contributed by atoms with van der Waals surface area (Å²) in [6.45, 7) is 0.263. The van der Waals surface area contributed by atoms with E-state index in [0.29, 0.717) is 11.5 Å². The van der Waals surface area contributed by atoms with Crippen molar-refractivity contribution in [1.82, 2.24) is 14.9 Å². The Labute approximate surface area is 118 Å². The zero-order valence-corrected chi connectivity index (χ0v) is 11.1. The fraction of sp³-hybridized carbons (Fsp3) is 0.231. The maximum atomic E-state index is 12.4. The molecule has 8 heteroatoms. The summed E-state index contributed by atoms with van der Waals surface area (Å²) in [6, 6.07) is 3.82. The Kier molecular flexibility index (Phi) is 4.15. The number of carbonyl (C=O) groups is 1. The molecule has 2 amide bonds. The lowest BCUT2D eigenvalue weighted by Gasteiger charge is -2.17. The SMILES string of the molecule is CN(Cc1ncc[nH]1)C(=O)Nc1ccc(C(F)(F)F)cc1. The fourth-order valence-corrected chi connectivity index (χ4v) is 1.64. The molecule has 5 nitrogen and oxygen atoms in total. The Morgan fingerprint density at radius 1 is 1.33 bits per heavy atom. The summed E-state index contributed by atoms with van der Waals surface area (Å²) in [5, 5.41) is 2.51. The molecule has 2 rings (SSSR count).